The normalized spacial score (nSPS) is 32.8. The van der Waals surface area contributed by atoms with Gasteiger partial charge in [0.15, 0.2) is 21.4 Å². The zero-order valence-corrected chi connectivity index (χ0v) is 21.7. The van der Waals surface area contributed by atoms with Gasteiger partial charge in [-0.2, -0.15) is 5.10 Å². The predicted molar refractivity (Wildman–Crippen MR) is 136 cm³/mol. The third kappa shape index (κ3) is 3.21. The summed E-state index contributed by atoms with van der Waals surface area (Å²) < 4.78 is 27.8. The Hall–Kier alpha value is -2.80. The summed E-state index contributed by atoms with van der Waals surface area (Å²) in [7, 11) is -3.43. The Morgan fingerprint density at radius 3 is 2.72 bits per heavy atom. The number of nitrogens with one attached hydrogen (secondary N) is 4. The Labute approximate surface area is 212 Å². The molecule has 0 aliphatic carbocycles. The molecular weight excluding hydrogens is 496 g/mol. The van der Waals surface area contributed by atoms with E-state index in [1.165, 1.54) is 6.20 Å². The number of sulfone groups is 1. The molecule has 0 spiro atoms. The molecule has 7 heterocycles. The highest BCUT2D eigenvalue weighted by atomic mass is 32.2. The number of aryl methyl sites for hydroxylation is 1. The van der Waals surface area contributed by atoms with Crippen LogP contribution in [0, 0.1) is 6.92 Å². The van der Waals surface area contributed by atoms with Crippen LogP contribution in [0.4, 0.5) is 5.82 Å². The van der Waals surface area contributed by atoms with Gasteiger partial charge in [0, 0.05) is 42.3 Å². The standard InChI is InChI=1S/C24H28N8O2S2/c1-14-8-20(31-30-14)26-21-19-5-7-35-22(19)29-23(2,28-21)27-15-9-16-11-24(12-17(10-15)32(16)24)36(33,34)18-4-3-6-25-13-18/h3-8,13,15-17,27-28H,9-12H2,1-2H3,(H2,26,30,31)/t15-,16+,17-,23?,24?. The van der Waals surface area contributed by atoms with Gasteiger partial charge in [-0.05, 0) is 63.1 Å². The van der Waals surface area contributed by atoms with Crippen molar-refractivity contribution in [2.24, 2.45) is 4.99 Å². The first-order valence-corrected chi connectivity index (χ1v) is 14.6. The van der Waals surface area contributed by atoms with E-state index >= 15 is 0 Å². The van der Waals surface area contributed by atoms with Crippen molar-refractivity contribution in [2.45, 2.75) is 73.2 Å². The van der Waals surface area contributed by atoms with E-state index < -0.39 is 20.5 Å². The van der Waals surface area contributed by atoms with Crippen LogP contribution in [0.2, 0.25) is 0 Å². The van der Waals surface area contributed by atoms with E-state index in [4.69, 9.17) is 4.99 Å². The molecule has 4 aliphatic rings. The van der Waals surface area contributed by atoms with Crippen molar-refractivity contribution in [2.75, 3.05) is 5.32 Å². The van der Waals surface area contributed by atoms with Gasteiger partial charge in [0.1, 0.15) is 15.4 Å². The first-order valence-electron chi connectivity index (χ1n) is 12.2. The van der Waals surface area contributed by atoms with Crippen molar-refractivity contribution in [3.8, 4) is 0 Å². The van der Waals surface area contributed by atoms with Crippen molar-refractivity contribution < 1.29 is 8.42 Å². The summed E-state index contributed by atoms with van der Waals surface area (Å²) in [5.41, 5.74) is 0.986. The molecule has 4 aliphatic heterocycles. The molecular formula is C24H28N8O2S2. The molecule has 3 aromatic heterocycles. The predicted octanol–water partition coefficient (Wildman–Crippen LogP) is 1.02. The third-order valence-corrected chi connectivity index (χ3v) is 11.2. The van der Waals surface area contributed by atoms with Crippen LogP contribution in [-0.4, -0.2) is 57.3 Å². The van der Waals surface area contributed by atoms with Crippen LogP contribution in [0.5, 0.6) is 0 Å². The number of pyridine rings is 1. The quantitative estimate of drug-likeness (QED) is 0.376. The summed E-state index contributed by atoms with van der Waals surface area (Å²) in [6.45, 7) is 4.02. The maximum absolute atomic E-state index is 13.4. The molecule has 3 fully saturated rings. The molecule has 0 radical (unpaired) electrons. The molecule has 3 aromatic rings. The van der Waals surface area contributed by atoms with E-state index in [1.807, 2.05) is 18.4 Å². The Morgan fingerprint density at radius 2 is 2.03 bits per heavy atom. The van der Waals surface area contributed by atoms with Crippen molar-refractivity contribution in [1.29, 1.82) is 0 Å². The Bertz CT molecular complexity index is 1550. The number of fused-ring (bicyclic) bond motifs is 1. The summed E-state index contributed by atoms with van der Waals surface area (Å²) in [4.78, 5) is 10.9. The van der Waals surface area contributed by atoms with Crippen LogP contribution in [0.25, 0.3) is 5.82 Å². The first-order chi connectivity index (χ1) is 17.3. The van der Waals surface area contributed by atoms with Crippen LogP contribution < -0.4 is 25.8 Å². The summed E-state index contributed by atoms with van der Waals surface area (Å²) >= 11 is 1.61. The molecule has 4 N–H and O–H groups in total. The van der Waals surface area contributed by atoms with Crippen LogP contribution in [0.15, 0.2) is 51.9 Å². The van der Waals surface area contributed by atoms with E-state index in [2.05, 4.69) is 49.0 Å². The smallest absolute Gasteiger partial charge is 0.198 e. The number of rotatable bonds is 6. The van der Waals surface area contributed by atoms with E-state index in [0.717, 1.165) is 40.1 Å². The van der Waals surface area contributed by atoms with Crippen LogP contribution in [-0.2, 0) is 9.84 Å². The number of aromatic amines is 1. The summed E-state index contributed by atoms with van der Waals surface area (Å²) in [5.74, 6) is 0.930. The second-order valence-electron chi connectivity index (χ2n) is 10.5. The van der Waals surface area contributed by atoms with E-state index in [9.17, 15) is 8.42 Å². The van der Waals surface area contributed by atoms with Gasteiger partial charge in [-0.1, -0.05) is 0 Å². The minimum absolute atomic E-state index is 0.229. The number of anilines is 1. The summed E-state index contributed by atoms with van der Waals surface area (Å²) in [6, 6.07) is 8.13. The number of hydrogen-bond acceptors (Lipinski definition) is 10. The molecule has 3 saturated heterocycles. The highest BCUT2D eigenvalue weighted by Gasteiger charge is 2.71. The average Bonchev–Trinajstić information content (AvgIpc) is 3.44. The number of thiophene rings is 1. The van der Waals surface area contributed by atoms with Gasteiger partial charge in [0.05, 0.1) is 10.1 Å². The lowest BCUT2D eigenvalue weighted by Gasteiger charge is -2.72. The van der Waals surface area contributed by atoms with E-state index in [1.54, 1.807) is 29.7 Å². The van der Waals surface area contributed by atoms with Crippen LogP contribution in [0.3, 0.4) is 0 Å². The van der Waals surface area contributed by atoms with Gasteiger partial charge >= 0.3 is 0 Å². The lowest BCUT2D eigenvalue weighted by molar-refractivity contribution is -0.178. The molecule has 12 heteroatoms. The topological polar surface area (TPSA) is 127 Å². The highest BCUT2D eigenvalue weighted by Crippen LogP contribution is 2.60. The molecule has 0 aromatic carbocycles. The van der Waals surface area contributed by atoms with Crippen molar-refractivity contribution >= 4 is 32.8 Å². The maximum Gasteiger partial charge on any atom is 0.198 e. The second-order valence-corrected chi connectivity index (χ2v) is 13.6. The highest BCUT2D eigenvalue weighted by molar-refractivity contribution is 7.93. The molecule has 7 rings (SSSR count). The van der Waals surface area contributed by atoms with Crippen molar-refractivity contribution in [3.63, 3.8) is 0 Å². The zero-order chi connectivity index (χ0) is 24.7. The second kappa shape index (κ2) is 7.60. The Balaban J connectivity index is 1.08. The number of nitrogens with zero attached hydrogens (tertiary/aromatic N) is 4. The molecule has 0 saturated carbocycles. The monoisotopic (exact) mass is 524 g/mol. The Kier molecular flexibility index (Phi) is 4.73. The van der Waals surface area contributed by atoms with Crippen LogP contribution in [0.1, 0.15) is 38.3 Å². The fraction of sp³-hybridized carbons (Fsp3) is 0.458. The lowest BCUT2D eigenvalue weighted by atomic mass is 9.67. The van der Waals surface area contributed by atoms with Crippen molar-refractivity contribution in [3.05, 3.63) is 57.6 Å². The SMILES string of the molecule is Cc1cc(NC2=c3ccsc3=NC(C)(N[C@H]3C[C@@H]4CC5(S(=O)(=O)c6cccnc6)C[C@H](C3)N45)N2)n[nH]1. The lowest BCUT2D eigenvalue weighted by Crippen LogP contribution is -2.84. The minimum Gasteiger partial charge on any atom is -0.335 e. The van der Waals surface area contributed by atoms with E-state index in [0.29, 0.717) is 17.7 Å². The molecule has 10 nitrogen and oxygen atoms in total. The Morgan fingerprint density at radius 1 is 1.22 bits per heavy atom. The number of hydrogen-bond donors (Lipinski definition) is 4. The third-order valence-electron chi connectivity index (χ3n) is 7.98. The zero-order valence-electron chi connectivity index (χ0n) is 20.0. The fourth-order valence-electron chi connectivity index (χ4n) is 6.61. The number of piperidine rings is 2. The largest absolute Gasteiger partial charge is 0.335 e. The minimum atomic E-state index is -3.43. The maximum atomic E-state index is 13.4. The molecule has 36 heavy (non-hydrogen) atoms. The molecule has 0 amide bonds. The first kappa shape index (κ1) is 22.4. The van der Waals surface area contributed by atoms with Gasteiger partial charge in [-0.15, -0.1) is 11.3 Å². The molecule has 188 valence electrons. The van der Waals surface area contributed by atoms with Gasteiger partial charge in [-0.3, -0.25) is 20.3 Å². The molecule has 5 atom stereocenters. The average molecular weight is 525 g/mol. The summed E-state index contributed by atoms with van der Waals surface area (Å²) in [6.07, 6.45) is 6.22. The van der Waals surface area contributed by atoms with Crippen LogP contribution >= 0.6 is 11.3 Å². The molecule has 0 bridgehead atoms. The molecule has 2 unspecified atom stereocenters. The van der Waals surface area contributed by atoms with Crippen molar-refractivity contribution in [1.82, 2.24) is 30.7 Å². The van der Waals surface area contributed by atoms with E-state index in [-0.39, 0.29) is 18.1 Å². The van der Waals surface area contributed by atoms with Gasteiger partial charge in [-0.25, -0.2) is 13.4 Å². The fourth-order valence-corrected chi connectivity index (χ4v) is 9.77. The number of aromatic nitrogens is 3. The summed E-state index contributed by atoms with van der Waals surface area (Å²) in [5, 5.41) is 21.1. The van der Waals surface area contributed by atoms with Gasteiger partial charge < -0.3 is 10.6 Å². The van der Waals surface area contributed by atoms with Gasteiger partial charge in [0.2, 0.25) is 0 Å². The van der Waals surface area contributed by atoms with Gasteiger partial charge in [0.25, 0.3) is 0 Å². The number of H-pyrrole nitrogens is 1.